The number of thiocarbonyl (C=S) groups is 1. The number of rotatable bonds is 4. The minimum Gasteiger partial charge on any atom is -0.459 e. The van der Waals surface area contributed by atoms with Gasteiger partial charge in [0.1, 0.15) is 0 Å². The second-order valence-electron chi connectivity index (χ2n) is 7.18. The molecule has 1 aliphatic heterocycles. The molecule has 2 aromatic rings. The number of carbonyl (C=O) groups is 1. The fourth-order valence-electron chi connectivity index (χ4n) is 3.40. The highest BCUT2D eigenvalue weighted by Crippen LogP contribution is 2.27. The van der Waals surface area contributed by atoms with E-state index in [9.17, 15) is 13.2 Å². The molecule has 150 valence electrons. The van der Waals surface area contributed by atoms with Crippen molar-refractivity contribution in [2.24, 2.45) is 11.8 Å². The molecule has 1 aromatic heterocycles. The van der Waals surface area contributed by atoms with Crippen LogP contribution in [0.3, 0.4) is 0 Å². The second kappa shape index (κ2) is 8.42. The number of amides is 1. The molecule has 1 aromatic carbocycles. The van der Waals surface area contributed by atoms with Crippen LogP contribution in [-0.2, 0) is 10.0 Å². The fraction of sp³-hybridized carbons (Fsp3) is 0.368. The monoisotopic (exact) mass is 421 g/mol. The molecule has 0 aliphatic carbocycles. The van der Waals surface area contributed by atoms with Gasteiger partial charge in [-0.05, 0) is 66.9 Å². The van der Waals surface area contributed by atoms with Gasteiger partial charge in [0.2, 0.25) is 10.0 Å². The Morgan fingerprint density at radius 3 is 2.36 bits per heavy atom. The average molecular weight is 422 g/mol. The van der Waals surface area contributed by atoms with Crippen LogP contribution in [0, 0.1) is 11.8 Å². The van der Waals surface area contributed by atoms with E-state index in [4.69, 9.17) is 16.6 Å². The summed E-state index contributed by atoms with van der Waals surface area (Å²) >= 11 is 5.11. The maximum Gasteiger partial charge on any atom is 0.293 e. The topological polar surface area (TPSA) is 91.7 Å². The summed E-state index contributed by atoms with van der Waals surface area (Å²) in [6.07, 6.45) is 2.43. The quantitative estimate of drug-likeness (QED) is 0.737. The second-order valence-corrected chi connectivity index (χ2v) is 9.52. The summed E-state index contributed by atoms with van der Waals surface area (Å²) in [6, 6.07) is 9.45. The summed E-state index contributed by atoms with van der Waals surface area (Å²) in [5.74, 6) is 0.370. The first kappa shape index (κ1) is 20.5. The van der Waals surface area contributed by atoms with E-state index >= 15 is 0 Å². The van der Waals surface area contributed by atoms with Gasteiger partial charge in [-0.3, -0.25) is 10.1 Å². The van der Waals surface area contributed by atoms with Crippen LogP contribution in [0.15, 0.2) is 52.0 Å². The number of sulfonamides is 1. The molecule has 9 heteroatoms. The van der Waals surface area contributed by atoms with Crippen molar-refractivity contribution >= 4 is 38.9 Å². The summed E-state index contributed by atoms with van der Waals surface area (Å²) in [7, 11) is -3.53. The zero-order valence-corrected chi connectivity index (χ0v) is 17.3. The Bertz CT molecular complexity index is 930. The van der Waals surface area contributed by atoms with Crippen molar-refractivity contribution in [2.45, 2.75) is 25.2 Å². The van der Waals surface area contributed by atoms with Crippen LogP contribution in [0.25, 0.3) is 0 Å². The van der Waals surface area contributed by atoms with Crippen LogP contribution in [0.5, 0.6) is 0 Å². The van der Waals surface area contributed by atoms with Gasteiger partial charge in [0, 0.05) is 18.8 Å². The maximum absolute atomic E-state index is 12.9. The molecule has 1 fully saturated rings. The number of nitrogens with zero attached hydrogens (tertiary/aromatic N) is 1. The van der Waals surface area contributed by atoms with Gasteiger partial charge in [0.15, 0.2) is 10.9 Å². The van der Waals surface area contributed by atoms with Gasteiger partial charge in [-0.1, -0.05) is 13.8 Å². The predicted octanol–water partition coefficient (Wildman–Crippen LogP) is 3.07. The molecule has 1 amide bonds. The van der Waals surface area contributed by atoms with Crippen molar-refractivity contribution in [2.75, 3.05) is 18.4 Å². The smallest absolute Gasteiger partial charge is 0.293 e. The Morgan fingerprint density at radius 1 is 1.14 bits per heavy atom. The van der Waals surface area contributed by atoms with Crippen LogP contribution in [0.4, 0.5) is 5.69 Å². The minimum absolute atomic E-state index is 0.0932. The van der Waals surface area contributed by atoms with Crippen molar-refractivity contribution in [1.29, 1.82) is 0 Å². The lowest BCUT2D eigenvalue weighted by molar-refractivity contribution is 0.0950. The Hall–Kier alpha value is -2.23. The highest BCUT2D eigenvalue weighted by Gasteiger charge is 2.31. The predicted molar refractivity (Wildman–Crippen MR) is 111 cm³/mol. The Balaban J connectivity index is 1.64. The lowest BCUT2D eigenvalue weighted by Gasteiger charge is -2.34. The van der Waals surface area contributed by atoms with Crippen molar-refractivity contribution in [3.05, 3.63) is 48.4 Å². The molecule has 2 atom stereocenters. The SMILES string of the molecule is C[C@@H]1C[C@H](C)CN(S(=O)(=O)c2ccc(NC(=S)NC(=O)c3ccco3)cc2)C1. The molecule has 0 radical (unpaired) electrons. The van der Waals surface area contributed by atoms with E-state index < -0.39 is 15.9 Å². The molecule has 2 heterocycles. The lowest BCUT2D eigenvalue weighted by atomic mass is 9.94. The van der Waals surface area contributed by atoms with Crippen molar-refractivity contribution < 1.29 is 17.6 Å². The third-order valence-electron chi connectivity index (χ3n) is 4.56. The molecule has 28 heavy (non-hydrogen) atoms. The zero-order chi connectivity index (χ0) is 20.3. The number of anilines is 1. The number of furan rings is 1. The van der Waals surface area contributed by atoms with E-state index in [2.05, 4.69) is 24.5 Å². The minimum atomic E-state index is -3.53. The fourth-order valence-corrected chi connectivity index (χ4v) is 5.29. The molecule has 0 unspecified atom stereocenters. The molecule has 0 saturated carbocycles. The van der Waals surface area contributed by atoms with E-state index in [0.717, 1.165) is 6.42 Å². The standard InChI is InChI=1S/C19H23N3O4S2/c1-13-10-14(2)12-22(11-13)28(24,25)16-7-5-15(6-8-16)20-19(27)21-18(23)17-4-3-9-26-17/h3-9,13-14H,10-12H2,1-2H3,(H2,20,21,23,27)/t13-,14+. The summed E-state index contributed by atoms with van der Waals surface area (Å²) in [5, 5.41) is 5.45. The van der Waals surface area contributed by atoms with Crippen LogP contribution >= 0.6 is 12.2 Å². The molecule has 2 N–H and O–H groups in total. The van der Waals surface area contributed by atoms with Crippen LogP contribution in [0.2, 0.25) is 0 Å². The number of piperidine rings is 1. The Morgan fingerprint density at radius 2 is 1.79 bits per heavy atom. The molecule has 1 saturated heterocycles. The maximum atomic E-state index is 12.9. The highest BCUT2D eigenvalue weighted by atomic mass is 32.2. The van der Waals surface area contributed by atoms with Crippen LogP contribution < -0.4 is 10.6 Å². The normalized spacial score (nSPS) is 20.5. The first-order chi connectivity index (χ1) is 13.3. The van der Waals surface area contributed by atoms with Crippen LogP contribution in [0.1, 0.15) is 30.8 Å². The van der Waals surface area contributed by atoms with Gasteiger partial charge in [-0.15, -0.1) is 0 Å². The third-order valence-corrected chi connectivity index (χ3v) is 6.61. The molecular formula is C19H23N3O4S2. The number of hydrogen-bond acceptors (Lipinski definition) is 5. The molecule has 0 bridgehead atoms. The first-order valence-corrected chi connectivity index (χ1v) is 10.9. The van der Waals surface area contributed by atoms with E-state index in [-0.39, 0.29) is 15.8 Å². The molecule has 7 nitrogen and oxygen atoms in total. The van der Waals surface area contributed by atoms with Gasteiger partial charge in [-0.2, -0.15) is 4.31 Å². The largest absolute Gasteiger partial charge is 0.459 e. The summed E-state index contributed by atoms with van der Waals surface area (Å²) < 4.78 is 32.4. The Labute approximate surface area is 170 Å². The van der Waals surface area contributed by atoms with Crippen molar-refractivity contribution in [1.82, 2.24) is 9.62 Å². The molecule has 1 aliphatic rings. The third kappa shape index (κ3) is 4.78. The van der Waals surface area contributed by atoms with Gasteiger partial charge < -0.3 is 9.73 Å². The number of carbonyl (C=O) groups excluding carboxylic acids is 1. The Kier molecular flexibility index (Phi) is 6.17. The zero-order valence-electron chi connectivity index (χ0n) is 15.7. The van der Waals surface area contributed by atoms with E-state index in [1.165, 1.54) is 12.3 Å². The van der Waals surface area contributed by atoms with Crippen molar-refractivity contribution in [3.63, 3.8) is 0 Å². The van der Waals surface area contributed by atoms with E-state index in [1.807, 2.05) is 0 Å². The van der Waals surface area contributed by atoms with Gasteiger partial charge in [0.05, 0.1) is 11.2 Å². The first-order valence-electron chi connectivity index (χ1n) is 9.01. The number of hydrogen-bond donors (Lipinski definition) is 2. The highest BCUT2D eigenvalue weighted by molar-refractivity contribution is 7.89. The number of nitrogens with one attached hydrogen (secondary N) is 2. The number of benzene rings is 1. The lowest BCUT2D eigenvalue weighted by Crippen LogP contribution is -2.42. The van der Waals surface area contributed by atoms with Crippen molar-refractivity contribution in [3.8, 4) is 0 Å². The van der Waals surface area contributed by atoms with Crippen LogP contribution in [-0.4, -0.2) is 36.8 Å². The van der Waals surface area contributed by atoms with E-state index in [1.54, 1.807) is 34.6 Å². The molecule has 0 spiro atoms. The van der Waals surface area contributed by atoms with Gasteiger partial charge >= 0.3 is 0 Å². The van der Waals surface area contributed by atoms with Gasteiger partial charge in [-0.25, -0.2) is 8.42 Å². The summed E-state index contributed by atoms with van der Waals surface area (Å²) in [4.78, 5) is 12.1. The summed E-state index contributed by atoms with van der Waals surface area (Å²) in [5.41, 5.74) is 0.573. The molecular weight excluding hydrogens is 398 g/mol. The van der Waals surface area contributed by atoms with E-state index in [0.29, 0.717) is 30.6 Å². The average Bonchev–Trinajstić information content (AvgIpc) is 3.16. The summed E-state index contributed by atoms with van der Waals surface area (Å²) in [6.45, 7) is 5.22. The molecule has 3 rings (SSSR count). The van der Waals surface area contributed by atoms with Gasteiger partial charge in [0.25, 0.3) is 5.91 Å².